The summed E-state index contributed by atoms with van der Waals surface area (Å²) in [6.45, 7) is 2.18. The maximum Gasteiger partial charge on any atom is 0.319 e. The van der Waals surface area contributed by atoms with Gasteiger partial charge in [0.1, 0.15) is 12.7 Å². The summed E-state index contributed by atoms with van der Waals surface area (Å²) in [5.41, 5.74) is 1.68. The Morgan fingerprint density at radius 3 is 2.48 bits per heavy atom. The summed E-state index contributed by atoms with van der Waals surface area (Å²) in [5, 5.41) is 10.1. The van der Waals surface area contributed by atoms with Crippen LogP contribution in [0.2, 0.25) is 0 Å². The Morgan fingerprint density at radius 2 is 1.81 bits per heavy atom. The molecular formula is C19H26N6OS. The average molecular weight is 387 g/mol. The Kier molecular flexibility index (Phi) is 5.94. The molecule has 2 fully saturated rings. The fourth-order valence-electron chi connectivity index (χ4n) is 3.85. The van der Waals surface area contributed by atoms with Gasteiger partial charge in [0, 0.05) is 30.9 Å². The fourth-order valence-corrected chi connectivity index (χ4v) is 4.93. The quantitative estimate of drug-likeness (QED) is 0.845. The number of aromatic nitrogens is 3. The molecule has 4 rings (SSSR count). The molecule has 0 spiro atoms. The number of nitrogens with one attached hydrogen (secondary N) is 2. The van der Waals surface area contributed by atoms with Crippen LogP contribution in [0.5, 0.6) is 0 Å². The molecular weight excluding hydrogens is 360 g/mol. The fraction of sp³-hybridized carbons (Fsp3) is 0.526. The molecule has 2 aromatic rings. The first-order chi connectivity index (χ1) is 13.3. The van der Waals surface area contributed by atoms with Crippen molar-refractivity contribution in [2.45, 2.75) is 37.8 Å². The SMILES string of the molecule is O=C(Nc1ccc(-n2cncn2)cc1)NC1CCN(C2CCSCC2)CC1. The first kappa shape index (κ1) is 18.3. The molecule has 1 aromatic heterocycles. The van der Waals surface area contributed by atoms with Crippen LogP contribution in [0.1, 0.15) is 25.7 Å². The molecule has 0 atom stereocenters. The van der Waals surface area contributed by atoms with Crippen molar-refractivity contribution in [1.29, 1.82) is 0 Å². The number of nitrogens with zero attached hydrogens (tertiary/aromatic N) is 4. The van der Waals surface area contributed by atoms with Gasteiger partial charge in [-0.3, -0.25) is 0 Å². The van der Waals surface area contributed by atoms with Crippen LogP contribution in [0, 0.1) is 0 Å². The second-order valence-corrected chi connectivity index (χ2v) is 8.36. The minimum atomic E-state index is -0.129. The molecule has 0 unspecified atom stereocenters. The largest absolute Gasteiger partial charge is 0.335 e. The second-order valence-electron chi connectivity index (χ2n) is 7.14. The lowest BCUT2D eigenvalue weighted by Crippen LogP contribution is -2.49. The number of rotatable bonds is 4. The number of carbonyl (C=O) groups excluding carboxylic acids is 1. The number of hydrogen-bond acceptors (Lipinski definition) is 5. The summed E-state index contributed by atoms with van der Waals surface area (Å²) >= 11 is 2.07. The van der Waals surface area contributed by atoms with Gasteiger partial charge in [-0.2, -0.15) is 16.9 Å². The van der Waals surface area contributed by atoms with Crippen molar-refractivity contribution in [3.63, 3.8) is 0 Å². The maximum absolute atomic E-state index is 12.3. The van der Waals surface area contributed by atoms with E-state index >= 15 is 0 Å². The Bertz CT molecular complexity index is 721. The van der Waals surface area contributed by atoms with Crippen molar-refractivity contribution in [3.8, 4) is 5.69 Å². The van der Waals surface area contributed by atoms with E-state index in [0.717, 1.165) is 43.3 Å². The van der Waals surface area contributed by atoms with Gasteiger partial charge in [-0.05, 0) is 61.5 Å². The van der Waals surface area contributed by atoms with Crippen molar-refractivity contribution >= 4 is 23.5 Å². The third kappa shape index (κ3) is 4.81. The molecule has 144 valence electrons. The van der Waals surface area contributed by atoms with Gasteiger partial charge < -0.3 is 15.5 Å². The molecule has 2 saturated heterocycles. The highest BCUT2D eigenvalue weighted by Crippen LogP contribution is 2.24. The van der Waals surface area contributed by atoms with Crippen LogP contribution in [-0.4, -0.2) is 62.4 Å². The van der Waals surface area contributed by atoms with Gasteiger partial charge in [0.15, 0.2) is 0 Å². The van der Waals surface area contributed by atoms with Crippen molar-refractivity contribution in [2.75, 3.05) is 29.9 Å². The molecule has 27 heavy (non-hydrogen) atoms. The van der Waals surface area contributed by atoms with Gasteiger partial charge in [0.05, 0.1) is 5.69 Å². The summed E-state index contributed by atoms with van der Waals surface area (Å²) in [6, 6.07) is 8.45. The first-order valence-electron chi connectivity index (χ1n) is 9.62. The summed E-state index contributed by atoms with van der Waals surface area (Å²) in [6.07, 6.45) is 7.83. The van der Waals surface area contributed by atoms with Crippen LogP contribution in [0.25, 0.3) is 5.69 Å². The summed E-state index contributed by atoms with van der Waals surface area (Å²) in [5.74, 6) is 2.59. The Labute approximate surface area is 163 Å². The minimum Gasteiger partial charge on any atom is -0.335 e. The van der Waals surface area contributed by atoms with Gasteiger partial charge in [-0.25, -0.2) is 14.5 Å². The van der Waals surface area contributed by atoms with Gasteiger partial charge >= 0.3 is 6.03 Å². The predicted molar refractivity (Wildman–Crippen MR) is 108 cm³/mol. The molecule has 3 heterocycles. The summed E-state index contributed by atoms with van der Waals surface area (Å²) in [4.78, 5) is 18.9. The number of benzene rings is 1. The van der Waals surface area contributed by atoms with E-state index in [0.29, 0.717) is 0 Å². The third-order valence-corrected chi connectivity index (χ3v) is 6.43. The van der Waals surface area contributed by atoms with E-state index in [1.807, 2.05) is 24.3 Å². The lowest BCUT2D eigenvalue weighted by atomic mass is 10.0. The molecule has 0 saturated carbocycles. The number of anilines is 1. The molecule has 2 N–H and O–H groups in total. The van der Waals surface area contributed by atoms with Crippen molar-refractivity contribution < 1.29 is 4.79 Å². The number of hydrogen-bond donors (Lipinski definition) is 2. The number of amides is 2. The van der Waals surface area contributed by atoms with Crippen LogP contribution in [0.15, 0.2) is 36.9 Å². The highest BCUT2D eigenvalue weighted by molar-refractivity contribution is 7.99. The monoisotopic (exact) mass is 386 g/mol. The smallest absolute Gasteiger partial charge is 0.319 e. The van der Waals surface area contributed by atoms with E-state index in [1.54, 1.807) is 11.0 Å². The molecule has 2 aliphatic rings. The lowest BCUT2D eigenvalue weighted by molar-refractivity contribution is 0.138. The molecule has 0 aliphatic carbocycles. The number of carbonyl (C=O) groups is 1. The predicted octanol–water partition coefficient (Wildman–Crippen LogP) is 2.75. The highest BCUT2D eigenvalue weighted by Gasteiger charge is 2.26. The number of piperidine rings is 1. The Balaban J connectivity index is 1.23. The minimum absolute atomic E-state index is 0.129. The Hall–Kier alpha value is -2.06. The highest BCUT2D eigenvalue weighted by atomic mass is 32.2. The number of likely N-dealkylation sites (tertiary alicyclic amines) is 1. The van der Waals surface area contributed by atoms with E-state index < -0.39 is 0 Å². The Morgan fingerprint density at radius 1 is 1.07 bits per heavy atom. The molecule has 2 aliphatic heterocycles. The molecule has 7 nitrogen and oxygen atoms in total. The zero-order valence-corrected chi connectivity index (χ0v) is 16.2. The maximum atomic E-state index is 12.3. The van der Waals surface area contributed by atoms with Crippen molar-refractivity contribution in [3.05, 3.63) is 36.9 Å². The van der Waals surface area contributed by atoms with Crippen LogP contribution >= 0.6 is 11.8 Å². The van der Waals surface area contributed by atoms with E-state index in [1.165, 1.54) is 30.7 Å². The number of thioether (sulfide) groups is 1. The van der Waals surface area contributed by atoms with E-state index in [4.69, 9.17) is 0 Å². The topological polar surface area (TPSA) is 75.1 Å². The van der Waals surface area contributed by atoms with Gasteiger partial charge in [0.2, 0.25) is 0 Å². The van der Waals surface area contributed by atoms with Crippen molar-refractivity contribution in [1.82, 2.24) is 25.0 Å². The second kappa shape index (κ2) is 8.75. The van der Waals surface area contributed by atoms with Crippen LogP contribution in [0.3, 0.4) is 0 Å². The standard InChI is InChI=1S/C19H26N6OS/c26-19(22-15-1-3-18(4-2-15)25-14-20-13-21-25)23-16-5-9-24(10-6-16)17-7-11-27-12-8-17/h1-4,13-14,16-17H,5-12H2,(H2,22,23,26). The summed E-state index contributed by atoms with van der Waals surface area (Å²) in [7, 11) is 0. The van der Waals surface area contributed by atoms with E-state index in [2.05, 4.69) is 37.4 Å². The molecule has 0 radical (unpaired) electrons. The van der Waals surface area contributed by atoms with E-state index in [9.17, 15) is 4.79 Å². The van der Waals surface area contributed by atoms with E-state index in [-0.39, 0.29) is 12.1 Å². The molecule has 0 bridgehead atoms. The average Bonchev–Trinajstić information content (AvgIpc) is 3.25. The van der Waals surface area contributed by atoms with Crippen LogP contribution in [0.4, 0.5) is 10.5 Å². The first-order valence-corrected chi connectivity index (χ1v) is 10.8. The van der Waals surface area contributed by atoms with Crippen molar-refractivity contribution in [2.24, 2.45) is 0 Å². The third-order valence-electron chi connectivity index (χ3n) is 5.38. The lowest BCUT2D eigenvalue weighted by Gasteiger charge is -2.39. The number of urea groups is 1. The molecule has 2 amide bonds. The zero-order chi connectivity index (χ0) is 18.5. The van der Waals surface area contributed by atoms with Gasteiger partial charge in [-0.15, -0.1) is 0 Å². The molecule has 1 aromatic carbocycles. The normalized spacial score (nSPS) is 19.7. The van der Waals surface area contributed by atoms with Gasteiger partial charge in [0.25, 0.3) is 0 Å². The summed E-state index contributed by atoms with van der Waals surface area (Å²) < 4.78 is 1.68. The van der Waals surface area contributed by atoms with Crippen LogP contribution < -0.4 is 10.6 Å². The zero-order valence-electron chi connectivity index (χ0n) is 15.4. The van der Waals surface area contributed by atoms with Crippen LogP contribution in [-0.2, 0) is 0 Å². The van der Waals surface area contributed by atoms with Gasteiger partial charge in [-0.1, -0.05) is 0 Å². The molecule has 8 heteroatoms.